The first-order chi connectivity index (χ1) is 15.7. The molecule has 0 saturated carbocycles. The fourth-order valence-electron chi connectivity index (χ4n) is 4.06. The highest BCUT2D eigenvalue weighted by Crippen LogP contribution is 2.48. The molecular weight excluding hydrogens is 406 g/mol. The molecule has 8 nitrogen and oxygen atoms in total. The Morgan fingerprint density at radius 3 is 2.75 bits per heavy atom. The smallest absolute Gasteiger partial charge is 0.228 e. The van der Waals surface area contributed by atoms with Crippen molar-refractivity contribution >= 4 is 5.65 Å². The zero-order valence-corrected chi connectivity index (χ0v) is 17.0. The molecule has 0 aliphatic carbocycles. The third-order valence-corrected chi connectivity index (χ3v) is 5.56. The van der Waals surface area contributed by atoms with Crippen molar-refractivity contribution in [1.29, 1.82) is 0 Å². The van der Waals surface area contributed by atoms with Crippen molar-refractivity contribution in [2.24, 2.45) is 0 Å². The number of hydrogen-bond acceptors (Lipinski definition) is 7. The van der Waals surface area contributed by atoms with Crippen LogP contribution in [-0.2, 0) is 0 Å². The van der Waals surface area contributed by atoms with Gasteiger partial charge in [0.1, 0.15) is 23.6 Å². The summed E-state index contributed by atoms with van der Waals surface area (Å²) in [6.45, 7) is 0. The highest BCUT2D eigenvalue weighted by molar-refractivity contribution is 5.68. The Kier molecular flexibility index (Phi) is 4.04. The van der Waals surface area contributed by atoms with E-state index in [2.05, 4.69) is 15.1 Å². The minimum atomic E-state index is -0.229. The molecule has 156 valence electrons. The number of fused-ring (bicyclic) bond motifs is 4. The van der Waals surface area contributed by atoms with Gasteiger partial charge in [-0.2, -0.15) is 0 Å². The molecule has 3 aromatic heterocycles. The van der Waals surface area contributed by atoms with E-state index in [9.17, 15) is 5.11 Å². The van der Waals surface area contributed by atoms with Crippen LogP contribution in [0.4, 0.5) is 0 Å². The topological polar surface area (TPSA) is 94.7 Å². The van der Waals surface area contributed by atoms with Crippen LogP contribution in [0.2, 0.25) is 0 Å². The van der Waals surface area contributed by atoms with Gasteiger partial charge >= 0.3 is 0 Å². The van der Waals surface area contributed by atoms with Crippen molar-refractivity contribution in [3.8, 4) is 34.5 Å². The van der Waals surface area contributed by atoms with Crippen molar-refractivity contribution in [3.05, 3.63) is 90.0 Å². The lowest BCUT2D eigenvalue weighted by atomic mass is 9.84. The van der Waals surface area contributed by atoms with E-state index in [-0.39, 0.29) is 11.7 Å². The summed E-state index contributed by atoms with van der Waals surface area (Å²) in [4.78, 5) is 13.6. The maximum Gasteiger partial charge on any atom is 0.228 e. The van der Waals surface area contributed by atoms with E-state index in [1.54, 1.807) is 36.3 Å². The van der Waals surface area contributed by atoms with Crippen LogP contribution in [0.15, 0.2) is 73.3 Å². The molecule has 0 spiro atoms. The molecule has 8 heteroatoms. The van der Waals surface area contributed by atoms with Crippen LogP contribution in [0, 0.1) is 0 Å². The van der Waals surface area contributed by atoms with Gasteiger partial charge in [0.15, 0.2) is 11.5 Å². The van der Waals surface area contributed by atoms with Crippen molar-refractivity contribution in [2.75, 3.05) is 7.11 Å². The molecule has 32 heavy (non-hydrogen) atoms. The molecule has 0 fully saturated rings. The Hall–Kier alpha value is -4.46. The Bertz CT molecular complexity index is 1450. The van der Waals surface area contributed by atoms with Gasteiger partial charge in [0.2, 0.25) is 5.88 Å². The van der Waals surface area contributed by atoms with Gasteiger partial charge in [-0.25, -0.2) is 14.5 Å². The number of nitrogens with zero attached hydrogens (tertiary/aromatic N) is 5. The number of phenols is 1. The van der Waals surface area contributed by atoms with Gasteiger partial charge in [-0.3, -0.25) is 4.98 Å². The van der Waals surface area contributed by atoms with Gasteiger partial charge in [-0.05, 0) is 42.0 Å². The summed E-state index contributed by atoms with van der Waals surface area (Å²) in [5.74, 6) is 2.22. The minimum absolute atomic E-state index is 0.127. The predicted molar refractivity (Wildman–Crippen MR) is 116 cm³/mol. The summed E-state index contributed by atoms with van der Waals surface area (Å²) in [6, 6.07) is 16.6. The average molecular weight is 423 g/mol. The minimum Gasteiger partial charge on any atom is -0.508 e. The second-order valence-corrected chi connectivity index (χ2v) is 7.44. The SMILES string of the molecule is COc1ccc(-c2nc3c4c(ncn3n2)Oc2cc(O)ccc2[C@@H]4c2cccnc2)cc1. The molecule has 0 amide bonds. The van der Waals surface area contributed by atoms with E-state index in [4.69, 9.17) is 14.5 Å². The quantitative estimate of drug-likeness (QED) is 0.456. The number of ether oxygens (including phenoxy) is 2. The lowest BCUT2D eigenvalue weighted by molar-refractivity contribution is 0.415. The normalized spacial score (nSPS) is 14.5. The highest BCUT2D eigenvalue weighted by Gasteiger charge is 2.33. The van der Waals surface area contributed by atoms with Crippen LogP contribution >= 0.6 is 0 Å². The summed E-state index contributed by atoms with van der Waals surface area (Å²) < 4.78 is 13.0. The fourth-order valence-corrected chi connectivity index (χ4v) is 4.06. The highest BCUT2D eigenvalue weighted by atomic mass is 16.5. The van der Waals surface area contributed by atoms with Gasteiger partial charge in [-0.1, -0.05) is 12.1 Å². The van der Waals surface area contributed by atoms with E-state index < -0.39 is 0 Å². The van der Waals surface area contributed by atoms with Gasteiger partial charge in [-0.15, -0.1) is 5.10 Å². The number of aromatic hydroxyl groups is 1. The molecule has 0 saturated heterocycles. The van der Waals surface area contributed by atoms with E-state index in [1.807, 2.05) is 48.7 Å². The Labute approximate surface area is 182 Å². The van der Waals surface area contributed by atoms with Crippen LogP contribution in [0.25, 0.3) is 17.0 Å². The molecule has 1 aliphatic rings. The molecule has 1 N–H and O–H groups in total. The molecule has 5 aromatic rings. The lowest BCUT2D eigenvalue weighted by Gasteiger charge is -2.27. The third-order valence-electron chi connectivity index (χ3n) is 5.56. The molecule has 1 atom stereocenters. The van der Waals surface area contributed by atoms with E-state index in [1.165, 1.54) is 0 Å². The molecule has 4 heterocycles. The van der Waals surface area contributed by atoms with Crippen molar-refractivity contribution in [3.63, 3.8) is 0 Å². The van der Waals surface area contributed by atoms with Gasteiger partial charge in [0.05, 0.1) is 12.7 Å². The number of phenolic OH excluding ortho intramolecular Hbond substituents is 1. The standard InChI is InChI=1S/C24H17N5O3/c1-31-17-7-4-14(5-8-17)22-27-23-21-20(15-3-2-10-25-12-15)18-9-6-16(30)11-19(18)32-24(21)26-13-29(23)28-22/h2-13,20,30H,1H3/t20-/m0/s1. The fraction of sp³-hybridized carbons (Fsp3) is 0.0833. The summed E-state index contributed by atoms with van der Waals surface area (Å²) in [5.41, 5.74) is 4.17. The third kappa shape index (κ3) is 2.84. The van der Waals surface area contributed by atoms with Gasteiger partial charge in [0, 0.05) is 35.5 Å². The van der Waals surface area contributed by atoms with Gasteiger partial charge in [0.25, 0.3) is 0 Å². The monoisotopic (exact) mass is 423 g/mol. The molecule has 2 aromatic carbocycles. The lowest BCUT2D eigenvalue weighted by Crippen LogP contribution is -2.15. The number of hydrogen-bond donors (Lipinski definition) is 1. The molecule has 1 aliphatic heterocycles. The first-order valence-electron chi connectivity index (χ1n) is 10.0. The zero-order valence-electron chi connectivity index (χ0n) is 17.0. The van der Waals surface area contributed by atoms with Crippen molar-refractivity contribution in [1.82, 2.24) is 24.6 Å². The zero-order chi connectivity index (χ0) is 21.7. The van der Waals surface area contributed by atoms with Crippen LogP contribution < -0.4 is 9.47 Å². The maximum absolute atomic E-state index is 9.98. The predicted octanol–water partition coefficient (Wildman–Crippen LogP) is 4.19. The second-order valence-electron chi connectivity index (χ2n) is 7.44. The van der Waals surface area contributed by atoms with Crippen molar-refractivity contribution in [2.45, 2.75) is 5.92 Å². The summed E-state index contributed by atoms with van der Waals surface area (Å²) in [5, 5.41) is 14.6. The molecular formula is C24H17N5O3. The largest absolute Gasteiger partial charge is 0.508 e. The second kappa shape index (κ2) is 7.05. The first kappa shape index (κ1) is 18.3. The van der Waals surface area contributed by atoms with Crippen LogP contribution in [0.1, 0.15) is 22.6 Å². The van der Waals surface area contributed by atoms with Crippen LogP contribution in [-0.4, -0.2) is 36.8 Å². The number of benzene rings is 2. The van der Waals surface area contributed by atoms with Gasteiger partial charge < -0.3 is 14.6 Å². The van der Waals surface area contributed by atoms with E-state index in [0.29, 0.717) is 23.1 Å². The number of rotatable bonds is 3. The Morgan fingerprint density at radius 1 is 1.09 bits per heavy atom. The first-order valence-corrected chi connectivity index (χ1v) is 10.0. The molecule has 0 unspecified atom stereocenters. The van der Waals surface area contributed by atoms with Crippen molar-refractivity contribution < 1.29 is 14.6 Å². The summed E-state index contributed by atoms with van der Waals surface area (Å²) in [7, 11) is 1.63. The number of aromatic nitrogens is 5. The average Bonchev–Trinajstić information content (AvgIpc) is 3.28. The Balaban J connectivity index is 1.57. The Morgan fingerprint density at radius 2 is 1.97 bits per heavy atom. The molecule has 0 radical (unpaired) electrons. The summed E-state index contributed by atoms with van der Waals surface area (Å²) in [6.07, 6.45) is 5.14. The van der Waals surface area contributed by atoms with Crippen LogP contribution in [0.3, 0.4) is 0 Å². The van der Waals surface area contributed by atoms with E-state index in [0.717, 1.165) is 28.0 Å². The summed E-state index contributed by atoms with van der Waals surface area (Å²) >= 11 is 0. The van der Waals surface area contributed by atoms with Crippen LogP contribution in [0.5, 0.6) is 23.1 Å². The number of pyridine rings is 1. The number of methoxy groups -OCH3 is 1. The molecule has 0 bridgehead atoms. The van der Waals surface area contributed by atoms with E-state index >= 15 is 0 Å². The molecule has 6 rings (SSSR count). The maximum atomic E-state index is 9.98.